The zero-order valence-electron chi connectivity index (χ0n) is 20.1. The molecule has 0 radical (unpaired) electrons. The second kappa shape index (κ2) is 8.47. The summed E-state index contributed by atoms with van der Waals surface area (Å²) in [6, 6.07) is 22.3. The molecule has 0 aromatic heterocycles. The van der Waals surface area contributed by atoms with Crippen molar-refractivity contribution >= 4 is 10.8 Å². The highest BCUT2D eigenvalue weighted by atomic mass is 16.5. The van der Waals surface area contributed by atoms with Gasteiger partial charge in [0.25, 0.3) is 0 Å². The summed E-state index contributed by atoms with van der Waals surface area (Å²) in [7, 11) is 0. The molecule has 0 spiro atoms. The first kappa shape index (κ1) is 21.2. The highest BCUT2D eigenvalue weighted by Gasteiger charge is 2.52. The van der Waals surface area contributed by atoms with Crippen molar-refractivity contribution in [2.45, 2.75) is 71.6 Å². The quantitative estimate of drug-likeness (QED) is 0.413. The number of hydrogen-bond acceptors (Lipinski definition) is 2. The minimum Gasteiger partial charge on any atom is -0.489 e. The van der Waals surface area contributed by atoms with E-state index >= 15 is 0 Å². The average Bonchev–Trinajstić information content (AvgIpc) is 2.81. The zero-order chi connectivity index (χ0) is 22.4. The Labute approximate surface area is 198 Å². The number of benzene rings is 3. The van der Waals surface area contributed by atoms with E-state index in [1.165, 1.54) is 66.0 Å². The number of hydrogen-bond donors (Lipinski definition) is 1. The highest BCUT2D eigenvalue weighted by molar-refractivity contribution is 5.87. The summed E-state index contributed by atoms with van der Waals surface area (Å²) in [6.07, 6.45) is 8.85. The molecule has 7 rings (SSSR count). The molecular formula is C31H37NO. The molecule has 3 aromatic rings. The summed E-state index contributed by atoms with van der Waals surface area (Å²) in [5.74, 6) is 3.99. The summed E-state index contributed by atoms with van der Waals surface area (Å²) in [5, 5.41) is 6.61. The zero-order valence-corrected chi connectivity index (χ0v) is 20.1. The summed E-state index contributed by atoms with van der Waals surface area (Å²) in [6.45, 7) is 6.07. The van der Waals surface area contributed by atoms with Gasteiger partial charge in [-0.05, 0) is 97.9 Å². The Morgan fingerprint density at radius 2 is 1.55 bits per heavy atom. The van der Waals surface area contributed by atoms with Crippen molar-refractivity contribution in [2.75, 3.05) is 0 Å². The van der Waals surface area contributed by atoms with Gasteiger partial charge >= 0.3 is 0 Å². The van der Waals surface area contributed by atoms with E-state index in [1.54, 1.807) is 0 Å². The number of ether oxygens (including phenoxy) is 1. The van der Waals surface area contributed by atoms with Crippen LogP contribution in [0.5, 0.6) is 5.75 Å². The van der Waals surface area contributed by atoms with Crippen molar-refractivity contribution in [3.63, 3.8) is 0 Å². The van der Waals surface area contributed by atoms with Gasteiger partial charge in [0.1, 0.15) is 12.4 Å². The molecule has 2 nitrogen and oxygen atoms in total. The third-order valence-corrected chi connectivity index (χ3v) is 9.10. The van der Waals surface area contributed by atoms with Crippen molar-refractivity contribution in [3.05, 3.63) is 77.4 Å². The molecule has 4 bridgehead atoms. The summed E-state index contributed by atoms with van der Waals surface area (Å²) in [4.78, 5) is 0. The van der Waals surface area contributed by atoms with Crippen LogP contribution in [-0.4, -0.2) is 6.04 Å². The number of aryl methyl sites for hydroxylation is 1. The normalized spacial score (nSPS) is 28.8. The average molecular weight is 440 g/mol. The van der Waals surface area contributed by atoms with Gasteiger partial charge in [-0.3, -0.25) is 0 Å². The lowest BCUT2D eigenvalue weighted by atomic mass is 9.48. The van der Waals surface area contributed by atoms with Gasteiger partial charge in [-0.1, -0.05) is 60.2 Å². The maximum atomic E-state index is 6.41. The van der Waals surface area contributed by atoms with E-state index < -0.39 is 0 Å². The molecular weight excluding hydrogens is 402 g/mol. The van der Waals surface area contributed by atoms with Crippen LogP contribution >= 0.6 is 0 Å². The van der Waals surface area contributed by atoms with Gasteiger partial charge in [0, 0.05) is 18.2 Å². The van der Waals surface area contributed by atoms with Gasteiger partial charge in [-0.25, -0.2) is 0 Å². The fourth-order valence-electron chi connectivity index (χ4n) is 7.66. The fourth-order valence-corrected chi connectivity index (χ4v) is 7.66. The lowest BCUT2D eigenvalue weighted by molar-refractivity contribution is -0.0706. The maximum absolute atomic E-state index is 6.41. The second-order valence-electron chi connectivity index (χ2n) is 11.4. The molecule has 4 aliphatic carbocycles. The Morgan fingerprint density at radius 1 is 0.879 bits per heavy atom. The lowest BCUT2D eigenvalue weighted by Gasteiger charge is -2.59. The molecule has 172 valence electrons. The fraction of sp³-hybridized carbons (Fsp3) is 0.484. The largest absolute Gasteiger partial charge is 0.489 e. The minimum absolute atomic E-state index is 0.516. The van der Waals surface area contributed by atoms with E-state index in [-0.39, 0.29) is 0 Å². The van der Waals surface area contributed by atoms with Crippen LogP contribution in [0.2, 0.25) is 0 Å². The molecule has 1 N–H and O–H groups in total. The summed E-state index contributed by atoms with van der Waals surface area (Å²) in [5.41, 5.74) is 4.32. The molecule has 0 amide bonds. The Morgan fingerprint density at radius 3 is 2.24 bits per heavy atom. The molecule has 1 unspecified atom stereocenters. The van der Waals surface area contributed by atoms with Crippen LogP contribution < -0.4 is 10.1 Å². The third-order valence-electron chi connectivity index (χ3n) is 9.10. The van der Waals surface area contributed by atoms with E-state index in [1.807, 2.05) is 0 Å². The predicted molar refractivity (Wildman–Crippen MR) is 136 cm³/mol. The van der Waals surface area contributed by atoms with E-state index in [4.69, 9.17) is 4.74 Å². The first-order chi connectivity index (χ1) is 16.1. The van der Waals surface area contributed by atoms with Crippen molar-refractivity contribution in [2.24, 2.45) is 23.2 Å². The molecule has 0 heterocycles. The Kier molecular flexibility index (Phi) is 5.45. The molecule has 0 aliphatic heterocycles. The van der Waals surface area contributed by atoms with E-state index in [9.17, 15) is 0 Å². The molecule has 3 aromatic carbocycles. The van der Waals surface area contributed by atoms with E-state index in [0.717, 1.165) is 30.0 Å². The van der Waals surface area contributed by atoms with Crippen LogP contribution in [0.1, 0.15) is 62.1 Å². The Bertz CT molecular complexity index is 1100. The van der Waals surface area contributed by atoms with Crippen LogP contribution in [0.15, 0.2) is 60.7 Å². The molecule has 2 heteroatoms. The van der Waals surface area contributed by atoms with Crippen LogP contribution in [0.4, 0.5) is 0 Å². The van der Waals surface area contributed by atoms with Crippen molar-refractivity contribution in [1.29, 1.82) is 0 Å². The van der Waals surface area contributed by atoms with Gasteiger partial charge in [-0.2, -0.15) is 0 Å². The van der Waals surface area contributed by atoms with Crippen LogP contribution in [-0.2, 0) is 13.2 Å². The summed E-state index contributed by atoms with van der Waals surface area (Å²) < 4.78 is 6.41. The Balaban J connectivity index is 1.23. The van der Waals surface area contributed by atoms with Gasteiger partial charge in [0.2, 0.25) is 0 Å². The molecule has 4 aliphatic rings. The Hall–Kier alpha value is -2.32. The first-order valence-electron chi connectivity index (χ1n) is 13.0. The molecule has 33 heavy (non-hydrogen) atoms. The van der Waals surface area contributed by atoms with Crippen LogP contribution in [0.3, 0.4) is 0 Å². The van der Waals surface area contributed by atoms with Crippen molar-refractivity contribution in [3.8, 4) is 5.75 Å². The summed E-state index contributed by atoms with van der Waals surface area (Å²) >= 11 is 0. The minimum atomic E-state index is 0.516. The number of nitrogens with one attached hydrogen (secondary N) is 1. The van der Waals surface area contributed by atoms with Crippen LogP contribution in [0, 0.1) is 30.1 Å². The number of fused-ring (bicyclic) bond motifs is 1. The van der Waals surface area contributed by atoms with E-state index in [2.05, 4.69) is 79.8 Å². The van der Waals surface area contributed by atoms with E-state index in [0.29, 0.717) is 18.1 Å². The monoisotopic (exact) mass is 439 g/mol. The van der Waals surface area contributed by atoms with Gasteiger partial charge in [0.05, 0.1) is 0 Å². The maximum Gasteiger partial charge on any atom is 0.124 e. The second-order valence-corrected chi connectivity index (χ2v) is 11.4. The highest BCUT2D eigenvalue weighted by Crippen LogP contribution is 2.61. The SMILES string of the molecule is Cc1ccc(COc2ccc3ccccc3c2CNC(C)C23CC4CC(CC(C4)C2)C3)cc1. The molecule has 0 saturated heterocycles. The topological polar surface area (TPSA) is 21.3 Å². The van der Waals surface area contributed by atoms with Gasteiger partial charge < -0.3 is 10.1 Å². The van der Waals surface area contributed by atoms with Gasteiger partial charge in [0.15, 0.2) is 0 Å². The molecule has 1 atom stereocenters. The lowest BCUT2D eigenvalue weighted by Crippen LogP contribution is -2.54. The van der Waals surface area contributed by atoms with Gasteiger partial charge in [-0.15, -0.1) is 0 Å². The molecule has 4 fully saturated rings. The van der Waals surface area contributed by atoms with Crippen molar-refractivity contribution in [1.82, 2.24) is 5.32 Å². The number of rotatable bonds is 7. The standard InChI is InChI=1S/C31H37NO/c1-21-7-9-23(10-8-21)20-33-30-12-11-27-5-3-4-6-28(27)29(30)19-32-22(2)31-16-24-13-25(17-31)15-26(14-24)18-31/h3-12,22,24-26,32H,13-20H2,1-2H3. The van der Waals surface area contributed by atoms with Crippen LogP contribution in [0.25, 0.3) is 10.8 Å². The predicted octanol–water partition coefficient (Wildman–Crippen LogP) is 7.42. The van der Waals surface area contributed by atoms with Crippen molar-refractivity contribution < 1.29 is 4.74 Å². The first-order valence-corrected chi connectivity index (χ1v) is 13.0. The third kappa shape index (κ3) is 4.08. The smallest absolute Gasteiger partial charge is 0.124 e. The molecule has 4 saturated carbocycles.